The molecule has 0 unspecified atom stereocenters. The zero-order chi connectivity index (χ0) is 14.0. The van der Waals surface area contributed by atoms with Gasteiger partial charge in [0.2, 0.25) is 17.8 Å². The van der Waals surface area contributed by atoms with Gasteiger partial charge in [0.1, 0.15) is 0 Å². The molecule has 1 aromatic heterocycles. The summed E-state index contributed by atoms with van der Waals surface area (Å²) in [6.07, 6.45) is 3.57. The molecule has 1 aliphatic heterocycles. The predicted molar refractivity (Wildman–Crippen MR) is 78.4 cm³/mol. The predicted octanol–water partition coefficient (Wildman–Crippen LogP) is 1.54. The maximum atomic E-state index is 5.77. The third-order valence-corrected chi connectivity index (χ3v) is 4.14. The maximum Gasteiger partial charge on any atom is 0.231 e. The number of aromatic nitrogens is 3. The van der Waals surface area contributed by atoms with E-state index in [1.54, 1.807) is 0 Å². The largest absolute Gasteiger partial charge is 0.368 e. The van der Waals surface area contributed by atoms with Gasteiger partial charge in [0, 0.05) is 27.2 Å². The number of anilines is 3. The Balaban J connectivity index is 2.15. The van der Waals surface area contributed by atoms with Gasteiger partial charge >= 0.3 is 0 Å². The quantitative estimate of drug-likeness (QED) is 0.893. The van der Waals surface area contributed by atoms with E-state index in [4.69, 9.17) is 5.73 Å². The Labute approximate surface area is 115 Å². The highest BCUT2D eigenvalue weighted by molar-refractivity contribution is 5.43. The number of nitrogens with zero attached hydrogens (tertiary/aromatic N) is 5. The summed E-state index contributed by atoms with van der Waals surface area (Å²) in [7, 11) is 3.81. The normalized spacial score (nSPS) is 18.4. The average Bonchev–Trinajstić information content (AvgIpc) is 2.39. The van der Waals surface area contributed by atoms with Gasteiger partial charge in [-0.15, -0.1) is 0 Å². The first-order valence-corrected chi connectivity index (χ1v) is 6.87. The van der Waals surface area contributed by atoms with Gasteiger partial charge in [-0.3, -0.25) is 0 Å². The van der Waals surface area contributed by atoms with E-state index in [-0.39, 0.29) is 5.95 Å². The van der Waals surface area contributed by atoms with E-state index in [9.17, 15) is 0 Å². The minimum absolute atomic E-state index is 0.289. The van der Waals surface area contributed by atoms with Crippen molar-refractivity contribution in [3.8, 4) is 0 Å². The fraction of sp³-hybridized carbons (Fsp3) is 0.769. The Morgan fingerprint density at radius 2 is 1.84 bits per heavy atom. The number of hydrogen-bond donors (Lipinski definition) is 1. The molecule has 1 aromatic rings. The van der Waals surface area contributed by atoms with Crippen LogP contribution >= 0.6 is 0 Å². The van der Waals surface area contributed by atoms with Gasteiger partial charge < -0.3 is 15.5 Å². The molecule has 0 atom stereocenters. The van der Waals surface area contributed by atoms with Gasteiger partial charge in [-0.1, -0.05) is 20.3 Å². The lowest BCUT2D eigenvalue weighted by Gasteiger charge is -2.38. The van der Waals surface area contributed by atoms with Crippen molar-refractivity contribution in [3.63, 3.8) is 0 Å². The van der Waals surface area contributed by atoms with E-state index in [1.807, 2.05) is 19.0 Å². The maximum absolute atomic E-state index is 5.77. The Morgan fingerprint density at radius 3 is 2.37 bits per heavy atom. The second-order valence-electron chi connectivity index (χ2n) is 5.84. The van der Waals surface area contributed by atoms with Crippen LogP contribution in [0.15, 0.2) is 0 Å². The summed E-state index contributed by atoms with van der Waals surface area (Å²) < 4.78 is 0. The van der Waals surface area contributed by atoms with Crippen molar-refractivity contribution >= 4 is 17.8 Å². The molecule has 1 fully saturated rings. The topological polar surface area (TPSA) is 71.2 Å². The van der Waals surface area contributed by atoms with Crippen LogP contribution in [0.3, 0.4) is 0 Å². The van der Waals surface area contributed by atoms with Crippen molar-refractivity contribution in [2.24, 2.45) is 5.41 Å². The molecule has 0 bridgehead atoms. The molecule has 1 aliphatic rings. The summed E-state index contributed by atoms with van der Waals surface area (Å²) in [5, 5.41) is 0. The number of rotatable bonds is 3. The molecule has 19 heavy (non-hydrogen) atoms. The molecule has 6 heteroatoms. The van der Waals surface area contributed by atoms with E-state index in [0.717, 1.165) is 13.1 Å². The van der Waals surface area contributed by atoms with Crippen LogP contribution in [0.2, 0.25) is 0 Å². The molecule has 0 spiro atoms. The SMILES string of the molecule is CCC1(C)CCN(c2nc(N)nc(N(C)C)n2)CC1. The molecule has 106 valence electrons. The number of piperidine rings is 1. The van der Waals surface area contributed by atoms with Crippen LogP contribution < -0.4 is 15.5 Å². The van der Waals surface area contributed by atoms with Crippen LogP contribution in [0, 0.1) is 5.41 Å². The molecular formula is C13H24N6. The van der Waals surface area contributed by atoms with Crippen LogP contribution in [-0.2, 0) is 0 Å². The highest BCUT2D eigenvalue weighted by Gasteiger charge is 2.29. The van der Waals surface area contributed by atoms with Crippen molar-refractivity contribution in [2.45, 2.75) is 33.1 Å². The lowest BCUT2D eigenvalue weighted by molar-refractivity contribution is 0.237. The van der Waals surface area contributed by atoms with Crippen molar-refractivity contribution in [1.29, 1.82) is 0 Å². The molecule has 2 heterocycles. The van der Waals surface area contributed by atoms with Crippen molar-refractivity contribution in [3.05, 3.63) is 0 Å². The highest BCUT2D eigenvalue weighted by atomic mass is 15.3. The van der Waals surface area contributed by atoms with Crippen LogP contribution in [0.1, 0.15) is 33.1 Å². The van der Waals surface area contributed by atoms with Crippen LogP contribution in [0.25, 0.3) is 0 Å². The minimum Gasteiger partial charge on any atom is -0.368 e. The summed E-state index contributed by atoms with van der Waals surface area (Å²) in [5.41, 5.74) is 6.23. The molecule has 6 nitrogen and oxygen atoms in total. The molecule has 0 aliphatic carbocycles. The molecule has 0 saturated carbocycles. The first-order chi connectivity index (χ1) is 8.93. The van der Waals surface area contributed by atoms with E-state index in [2.05, 4.69) is 33.7 Å². The third kappa shape index (κ3) is 3.05. The fourth-order valence-electron chi connectivity index (χ4n) is 2.31. The number of nitrogens with two attached hydrogens (primary N) is 1. The summed E-state index contributed by atoms with van der Waals surface area (Å²) >= 11 is 0. The molecule has 0 radical (unpaired) electrons. The second-order valence-corrected chi connectivity index (χ2v) is 5.84. The Bertz CT molecular complexity index is 437. The van der Waals surface area contributed by atoms with Gasteiger partial charge in [-0.05, 0) is 18.3 Å². The van der Waals surface area contributed by atoms with Crippen LogP contribution in [0.4, 0.5) is 17.8 Å². The summed E-state index contributed by atoms with van der Waals surface area (Å²) in [5.74, 6) is 1.61. The zero-order valence-corrected chi connectivity index (χ0v) is 12.3. The first kappa shape index (κ1) is 13.8. The van der Waals surface area contributed by atoms with E-state index < -0.39 is 0 Å². The Kier molecular flexibility index (Phi) is 3.78. The molecule has 0 aromatic carbocycles. The number of hydrogen-bond acceptors (Lipinski definition) is 6. The molecule has 1 saturated heterocycles. The molecular weight excluding hydrogens is 240 g/mol. The first-order valence-electron chi connectivity index (χ1n) is 6.87. The summed E-state index contributed by atoms with van der Waals surface area (Å²) in [6.45, 7) is 6.60. The molecule has 2 N–H and O–H groups in total. The summed E-state index contributed by atoms with van der Waals surface area (Å²) in [4.78, 5) is 16.9. The lowest BCUT2D eigenvalue weighted by Crippen LogP contribution is -2.39. The van der Waals surface area contributed by atoms with Gasteiger partial charge in [-0.2, -0.15) is 15.0 Å². The van der Waals surface area contributed by atoms with Gasteiger partial charge in [0.05, 0.1) is 0 Å². The van der Waals surface area contributed by atoms with Crippen molar-refractivity contribution in [1.82, 2.24) is 15.0 Å². The fourth-order valence-corrected chi connectivity index (χ4v) is 2.31. The number of nitrogen functional groups attached to an aromatic ring is 1. The second kappa shape index (κ2) is 5.19. The monoisotopic (exact) mass is 264 g/mol. The molecule has 2 rings (SSSR count). The Morgan fingerprint density at radius 1 is 1.21 bits per heavy atom. The minimum atomic E-state index is 0.289. The summed E-state index contributed by atoms with van der Waals surface area (Å²) in [6, 6.07) is 0. The standard InChI is InChI=1S/C13H24N6/c1-5-13(2)6-8-19(9-7-13)12-16-10(14)15-11(17-12)18(3)4/h5-9H2,1-4H3,(H2,14,15,16,17). The zero-order valence-electron chi connectivity index (χ0n) is 12.3. The van der Waals surface area contributed by atoms with E-state index in [1.165, 1.54) is 19.3 Å². The molecule has 0 amide bonds. The van der Waals surface area contributed by atoms with Crippen molar-refractivity contribution in [2.75, 3.05) is 42.7 Å². The van der Waals surface area contributed by atoms with Gasteiger partial charge in [0.25, 0.3) is 0 Å². The van der Waals surface area contributed by atoms with E-state index >= 15 is 0 Å². The lowest BCUT2D eigenvalue weighted by atomic mass is 9.78. The van der Waals surface area contributed by atoms with Crippen molar-refractivity contribution < 1.29 is 0 Å². The third-order valence-electron chi connectivity index (χ3n) is 4.14. The highest BCUT2D eigenvalue weighted by Crippen LogP contribution is 2.35. The van der Waals surface area contributed by atoms with Crippen LogP contribution in [0.5, 0.6) is 0 Å². The Hall–Kier alpha value is -1.59. The smallest absolute Gasteiger partial charge is 0.231 e. The average molecular weight is 264 g/mol. The van der Waals surface area contributed by atoms with Crippen LogP contribution in [-0.4, -0.2) is 42.1 Å². The van der Waals surface area contributed by atoms with Gasteiger partial charge in [0.15, 0.2) is 0 Å². The van der Waals surface area contributed by atoms with E-state index in [0.29, 0.717) is 17.3 Å². The van der Waals surface area contributed by atoms with Gasteiger partial charge in [-0.25, -0.2) is 0 Å².